The van der Waals surface area contributed by atoms with Crippen LogP contribution in [0.2, 0.25) is 5.02 Å². The average molecular weight is 651 g/mol. The number of halogens is 1. The minimum atomic E-state index is -4.01. The lowest BCUT2D eigenvalue weighted by atomic mass is 10.0. The van der Waals surface area contributed by atoms with Gasteiger partial charge in [-0.3, -0.25) is 18.7 Å². The highest BCUT2D eigenvalue weighted by Gasteiger charge is 2.31. The van der Waals surface area contributed by atoms with Crippen LogP contribution >= 0.6 is 11.6 Å². The Morgan fingerprint density at radius 3 is 2.47 bits per heavy atom. The van der Waals surface area contributed by atoms with Crippen molar-refractivity contribution >= 4 is 62.4 Å². The van der Waals surface area contributed by atoms with Gasteiger partial charge in [0.15, 0.2) is 0 Å². The number of sulfonamides is 1. The molecule has 2 aliphatic rings. The lowest BCUT2D eigenvalue weighted by Gasteiger charge is -2.32. The Morgan fingerprint density at radius 1 is 1.09 bits per heavy atom. The van der Waals surface area contributed by atoms with E-state index >= 15 is 0 Å². The summed E-state index contributed by atoms with van der Waals surface area (Å²) in [5, 5.41) is 3.20. The predicted molar refractivity (Wildman–Crippen MR) is 176 cm³/mol. The first-order valence-electron chi connectivity index (χ1n) is 14.3. The molecule has 3 heterocycles. The molecule has 0 spiro atoms. The lowest BCUT2D eigenvalue weighted by Crippen LogP contribution is -2.47. The van der Waals surface area contributed by atoms with Crippen molar-refractivity contribution in [2.75, 3.05) is 56.9 Å². The van der Waals surface area contributed by atoms with Crippen molar-refractivity contribution in [2.24, 2.45) is 0 Å². The van der Waals surface area contributed by atoms with Crippen LogP contribution in [0, 0.1) is 6.92 Å². The summed E-state index contributed by atoms with van der Waals surface area (Å²) in [6, 6.07) is 11.0. The highest BCUT2D eigenvalue weighted by Crippen LogP contribution is 2.37. The van der Waals surface area contributed by atoms with Gasteiger partial charge >= 0.3 is 0 Å². The minimum absolute atomic E-state index is 0.00878. The Labute approximate surface area is 267 Å². The van der Waals surface area contributed by atoms with Crippen LogP contribution in [0.5, 0.6) is 0 Å². The van der Waals surface area contributed by atoms with E-state index < -0.39 is 15.9 Å². The molecule has 3 aromatic rings. The number of amides is 3. The number of benzene rings is 2. The van der Waals surface area contributed by atoms with E-state index in [1.165, 1.54) is 30.2 Å². The molecule has 5 rings (SSSR count). The smallest absolute Gasteiger partial charge is 0.264 e. The number of carbonyl (C=O) groups excluding carboxylic acids is 3. The molecule has 236 valence electrons. The van der Waals surface area contributed by atoms with Crippen LogP contribution < -0.4 is 9.62 Å². The molecule has 2 aliphatic heterocycles. The van der Waals surface area contributed by atoms with Crippen LogP contribution in [0.1, 0.15) is 32.9 Å². The predicted octanol–water partition coefficient (Wildman–Crippen LogP) is 3.83. The van der Waals surface area contributed by atoms with Gasteiger partial charge in [-0.1, -0.05) is 24.2 Å². The maximum absolute atomic E-state index is 13.8. The standard InChI is InChI=1S/C32H35ClN6O5S/c1-6-29(40)37(4)19-28-30(32(42)39-14-12-36(3)13-15-39)20(2)27(34-28)18-25-24-17-23(10-11-26(24)35-31(25)41)45(43,44)38(5)22-9-7-8-21(33)16-22/h6-11,16-18,34H,1,12-15,19H2,2-5H3,(H,35,41)/b25-18-. The fraction of sp³-hybridized carbons (Fsp3) is 0.281. The molecular formula is C32H35ClN6O5S. The van der Waals surface area contributed by atoms with Gasteiger partial charge in [0, 0.05) is 67.9 Å². The second-order valence-electron chi connectivity index (χ2n) is 11.2. The largest absolute Gasteiger partial charge is 0.357 e. The summed E-state index contributed by atoms with van der Waals surface area (Å²) in [7, 11) is 1.05. The highest BCUT2D eigenvalue weighted by atomic mass is 35.5. The van der Waals surface area contributed by atoms with E-state index in [4.69, 9.17) is 11.6 Å². The van der Waals surface area contributed by atoms with Crippen molar-refractivity contribution in [3.63, 3.8) is 0 Å². The second kappa shape index (κ2) is 12.5. The molecule has 0 aliphatic carbocycles. The summed E-state index contributed by atoms with van der Waals surface area (Å²) in [6.07, 6.45) is 2.82. The van der Waals surface area contributed by atoms with Gasteiger partial charge in [0.05, 0.1) is 28.3 Å². The third-order valence-electron chi connectivity index (χ3n) is 8.21. The second-order valence-corrected chi connectivity index (χ2v) is 13.6. The fourth-order valence-electron chi connectivity index (χ4n) is 5.45. The van der Waals surface area contributed by atoms with Crippen molar-refractivity contribution < 1.29 is 22.8 Å². The third kappa shape index (κ3) is 6.26. The number of hydrogen-bond acceptors (Lipinski definition) is 6. The van der Waals surface area contributed by atoms with E-state index in [0.717, 1.165) is 17.4 Å². The molecule has 2 N–H and O–H groups in total. The summed E-state index contributed by atoms with van der Waals surface area (Å²) in [4.78, 5) is 48.0. The van der Waals surface area contributed by atoms with E-state index in [0.29, 0.717) is 57.6 Å². The number of carbonyl (C=O) groups is 3. The van der Waals surface area contributed by atoms with Crippen molar-refractivity contribution in [1.82, 2.24) is 19.7 Å². The Bertz CT molecular complexity index is 1840. The molecule has 1 saturated heterocycles. The zero-order chi connectivity index (χ0) is 32.6. The molecule has 11 nitrogen and oxygen atoms in total. The van der Waals surface area contributed by atoms with Gasteiger partial charge in [-0.2, -0.15) is 0 Å². The summed E-state index contributed by atoms with van der Waals surface area (Å²) < 4.78 is 28.3. The molecular weight excluding hydrogens is 616 g/mol. The van der Waals surface area contributed by atoms with Crippen LogP contribution in [0.4, 0.5) is 11.4 Å². The first-order chi connectivity index (χ1) is 21.3. The topological polar surface area (TPSA) is 126 Å². The number of fused-ring (bicyclic) bond motifs is 1. The number of rotatable bonds is 8. The van der Waals surface area contributed by atoms with Gasteiger partial charge < -0.3 is 25.0 Å². The maximum atomic E-state index is 13.8. The first-order valence-corrected chi connectivity index (χ1v) is 16.1. The number of piperazine rings is 1. The zero-order valence-electron chi connectivity index (χ0n) is 25.6. The Morgan fingerprint density at radius 2 is 1.80 bits per heavy atom. The van der Waals surface area contributed by atoms with Crippen molar-refractivity contribution in [3.05, 3.63) is 88.2 Å². The summed E-state index contributed by atoms with van der Waals surface area (Å²) in [6.45, 7) is 8.07. The number of likely N-dealkylation sites (N-methyl/N-ethyl adjacent to an activating group) is 2. The van der Waals surface area contributed by atoms with E-state index in [-0.39, 0.29) is 28.8 Å². The number of H-pyrrole nitrogens is 1. The molecule has 0 bridgehead atoms. The quantitative estimate of drug-likeness (QED) is 0.357. The monoisotopic (exact) mass is 650 g/mol. The first kappa shape index (κ1) is 32.0. The van der Waals surface area contributed by atoms with Gasteiger partial charge in [-0.05, 0) is 68.1 Å². The summed E-state index contributed by atoms with van der Waals surface area (Å²) >= 11 is 6.09. The number of hydrogen-bond donors (Lipinski definition) is 2. The third-order valence-corrected chi connectivity index (χ3v) is 10.2. The Hall–Kier alpha value is -4.39. The van der Waals surface area contributed by atoms with Gasteiger partial charge in [-0.25, -0.2) is 8.42 Å². The van der Waals surface area contributed by atoms with E-state index in [1.807, 2.05) is 7.05 Å². The van der Waals surface area contributed by atoms with Crippen LogP contribution in [-0.4, -0.2) is 93.1 Å². The van der Waals surface area contributed by atoms with E-state index in [9.17, 15) is 22.8 Å². The van der Waals surface area contributed by atoms with Crippen molar-refractivity contribution in [3.8, 4) is 0 Å². The normalized spacial score (nSPS) is 16.0. The van der Waals surface area contributed by atoms with E-state index in [1.54, 1.807) is 55.3 Å². The molecule has 1 fully saturated rings. The number of nitrogens with one attached hydrogen (secondary N) is 2. The lowest BCUT2D eigenvalue weighted by molar-refractivity contribution is -0.125. The molecule has 45 heavy (non-hydrogen) atoms. The molecule has 13 heteroatoms. The van der Waals surface area contributed by atoms with Crippen LogP contribution in [0.15, 0.2) is 60.0 Å². The number of aromatic amines is 1. The number of anilines is 2. The average Bonchev–Trinajstić information content (AvgIpc) is 3.50. The van der Waals surface area contributed by atoms with Crippen LogP contribution in [0.25, 0.3) is 11.6 Å². The van der Waals surface area contributed by atoms with Gasteiger partial charge in [0.1, 0.15) is 0 Å². The molecule has 0 saturated carbocycles. The number of aromatic nitrogens is 1. The van der Waals surface area contributed by atoms with Gasteiger partial charge in [-0.15, -0.1) is 0 Å². The number of nitrogens with zero attached hydrogens (tertiary/aromatic N) is 4. The molecule has 3 amide bonds. The summed E-state index contributed by atoms with van der Waals surface area (Å²) in [5.41, 5.74) is 3.58. The fourth-order valence-corrected chi connectivity index (χ4v) is 6.85. The van der Waals surface area contributed by atoms with Crippen LogP contribution in [-0.2, 0) is 26.2 Å². The molecule has 0 unspecified atom stereocenters. The molecule has 0 radical (unpaired) electrons. The molecule has 1 aromatic heterocycles. The highest BCUT2D eigenvalue weighted by molar-refractivity contribution is 7.92. The molecule has 0 atom stereocenters. The SMILES string of the molecule is C=CC(=O)N(C)Cc1[nH]c(/C=C2\C(=O)Nc3ccc(S(=O)(=O)N(C)c4cccc(Cl)c4)cc32)c(C)c1C(=O)N1CCN(C)CC1. The Kier molecular flexibility index (Phi) is 8.92. The Balaban J connectivity index is 1.55. The van der Waals surface area contributed by atoms with Gasteiger partial charge in [0.25, 0.3) is 21.8 Å². The van der Waals surface area contributed by atoms with Crippen LogP contribution in [0.3, 0.4) is 0 Å². The summed E-state index contributed by atoms with van der Waals surface area (Å²) in [5.74, 6) is -0.880. The minimum Gasteiger partial charge on any atom is -0.357 e. The van der Waals surface area contributed by atoms with E-state index in [2.05, 4.69) is 21.8 Å². The van der Waals surface area contributed by atoms with Gasteiger partial charge in [0.2, 0.25) is 5.91 Å². The zero-order valence-corrected chi connectivity index (χ0v) is 27.1. The van der Waals surface area contributed by atoms with Crippen molar-refractivity contribution in [2.45, 2.75) is 18.4 Å². The van der Waals surface area contributed by atoms with Crippen molar-refractivity contribution in [1.29, 1.82) is 0 Å². The molecule has 2 aromatic carbocycles. The maximum Gasteiger partial charge on any atom is 0.264 e.